The molecule has 1 N–H and O–H groups in total. The maximum atomic E-state index is 12.2. The maximum Gasteiger partial charge on any atom is 0.230 e. The highest BCUT2D eigenvalue weighted by atomic mass is 35.5. The quantitative estimate of drug-likeness (QED) is 0.731. The first-order valence-corrected chi connectivity index (χ1v) is 10.7. The normalized spacial score (nSPS) is 20.1. The first-order valence-electron chi connectivity index (χ1n) is 9.13. The van der Waals surface area contributed by atoms with Crippen LogP contribution in [0.5, 0.6) is 0 Å². The molecule has 1 fully saturated rings. The van der Waals surface area contributed by atoms with Crippen molar-refractivity contribution in [2.75, 3.05) is 5.75 Å². The fourth-order valence-electron chi connectivity index (χ4n) is 3.33. The van der Waals surface area contributed by atoms with Crippen molar-refractivity contribution >= 4 is 29.3 Å². The number of carbonyl (C=O) groups excluding carboxylic acids is 1. The molecule has 1 saturated carbocycles. The van der Waals surface area contributed by atoms with Gasteiger partial charge in [-0.05, 0) is 37.8 Å². The van der Waals surface area contributed by atoms with Gasteiger partial charge < -0.3 is 9.73 Å². The minimum absolute atomic E-state index is 0.112. The van der Waals surface area contributed by atoms with Crippen LogP contribution in [-0.2, 0) is 10.5 Å². The lowest BCUT2D eigenvalue weighted by Gasteiger charge is -2.29. The predicted octanol–water partition coefficient (Wildman–Crippen LogP) is 5.23. The molecule has 1 aromatic heterocycles. The van der Waals surface area contributed by atoms with Crippen LogP contribution in [0.4, 0.5) is 0 Å². The highest BCUT2D eigenvalue weighted by Gasteiger charge is 2.22. The zero-order chi connectivity index (χ0) is 18.5. The fraction of sp³-hybridized carbons (Fsp3) is 0.500. The summed E-state index contributed by atoms with van der Waals surface area (Å²) in [6.07, 6.45) is 4.80. The molecule has 2 unspecified atom stereocenters. The van der Waals surface area contributed by atoms with Crippen LogP contribution < -0.4 is 5.32 Å². The zero-order valence-corrected chi connectivity index (χ0v) is 16.8. The van der Waals surface area contributed by atoms with Crippen LogP contribution in [0.15, 0.2) is 28.7 Å². The summed E-state index contributed by atoms with van der Waals surface area (Å²) in [5.74, 6) is 3.08. The third kappa shape index (κ3) is 4.83. The summed E-state index contributed by atoms with van der Waals surface area (Å²) < 4.78 is 5.77. The van der Waals surface area contributed by atoms with E-state index >= 15 is 0 Å². The molecule has 2 aromatic rings. The topological polar surface area (TPSA) is 55.1 Å². The Hall–Kier alpha value is -1.46. The van der Waals surface area contributed by atoms with Gasteiger partial charge in [0.15, 0.2) is 0 Å². The minimum Gasteiger partial charge on any atom is -0.441 e. The minimum atomic E-state index is 0.112. The van der Waals surface area contributed by atoms with Gasteiger partial charge in [0, 0.05) is 11.8 Å². The van der Waals surface area contributed by atoms with Crippen LogP contribution >= 0.6 is 23.4 Å². The van der Waals surface area contributed by atoms with Crippen LogP contribution in [-0.4, -0.2) is 22.7 Å². The van der Waals surface area contributed by atoms with Gasteiger partial charge in [-0.3, -0.25) is 4.79 Å². The molecule has 1 amide bonds. The van der Waals surface area contributed by atoms with Gasteiger partial charge in [0.25, 0.3) is 0 Å². The number of hydrogen-bond acceptors (Lipinski definition) is 4. The van der Waals surface area contributed by atoms with Crippen molar-refractivity contribution in [3.8, 4) is 11.5 Å². The van der Waals surface area contributed by atoms with Crippen molar-refractivity contribution in [3.05, 3.63) is 40.7 Å². The van der Waals surface area contributed by atoms with E-state index in [1.54, 1.807) is 11.8 Å². The van der Waals surface area contributed by atoms with Gasteiger partial charge in [0.2, 0.25) is 11.8 Å². The molecule has 3 rings (SSSR count). The first kappa shape index (κ1) is 19.3. The predicted molar refractivity (Wildman–Crippen MR) is 107 cm³/mol. The molecule has 4 nitrogen and oxygen atoms in total. The number of oxazole rings is 1. The summed E-state index contributed by atoms with van der Waals surface area (Å²) in [5, 5.41) is 3.81. The highest BCUT2D eigenvalue weighted by molar-refractivity contribution is 7.99. The number of hydrogen-bond donors (Lipinski definition) is 1. The van der Waals surface area contributed by atoms with Crippen molar-refractivity contribution in [2.24, 2.45) is 5.92 Å². The first-order chi connectivity index (χ1) is 12.5. The lowest BCUT2D eigenvalue weighted by Crippen LogP contribution is -2.41. The number of halogens is 1. The Morgan fingerprint density at radius 1 is 1.35 bits per heavy atom. The Balaban J connectivity index is 1.52. The average molecular weight is 393 g/mol. The third-order valence-electron chi connectivity index (χ3n) is 4.93. The summed E-state index contributed by atoms with van der Waals surface area (Å²) >= 11 is 7.78. The van der Waals surface area contributed by atoms with Crippen molar-refractivity contribution in [3.63, 3.8) is 0 Å². The Morgan fingerprint density at radius 2 is 2.12 bits per heavy atom. The Morgan fingerprint density at radius 3 is 2.88 bits per heavy atom. The van der Waals surface area contributed by atoms with Gasteiger partial charge in [-0.25, -0.2) is 4.98 Å². The third-order valence-corrected chi connectivity index (χ3v) is 6.20. The largest absolute Gasteiger partial charge is 0.441 e. The van der Waals surface area contributed by atoms with Gasteiger partial charge in [0.1, 0.15) is 5.76 Å². The van der Waals surface area contributed by atoms with Crippen molar-refractivity contribution in [2.45, 2.75) is 51.3 Å². The van der Waals surface area contributed by atoms with Gasteiger partial charge >= 0.3 is 0 Å². The van der Waals surface area contributed by atoms with Crippen molar-refractivity contribution in [1.29, 1.82) is 0 Å². The smallest absolute Gasteiger partial charge is 0.230 e. The Labute approximate surface area is 164 Å². The molecule has 26 heavy (non-hydrogen) atoms. The maximum absolute atomic E-state index is 12.2. The second-order valence-corrected chi connectivity index (χ2v) is 8.32. The second kappa shape index (κ2) is 8.96. The molecule has 0 radical (unpaired) electrons. The number of nitrogens with zero attached hydrogens (tertiary/aromatic N) is 1. The molecule has 0 bridgehead atoms. The molecule has 1 aliphatic carbocycles. The SMILES string of the molecule is Cc1oc(-c2ccccc2Cl)nc1CSCC(=O)NC1CCCCC1C. The summed E-state index contributed by atoms with van der Waals surface area (Å²) in [6.45, 7) is 4.12. The Bertz CT molecular complexity index is 762. The fourth-order valence-corrected chi connectivity index (χ4v) is 4.38. The number of amides is 1. The van der Waals surface area contributed by atoms with Gasteiger partial charge in [-0.1, -0.05) is 43.5 Å². The van der Waals surface area contributed by atoms with E-state index in [0.29, 0.717) is 34.4 Å². The number of carbonyl (C=O) groups is 1. The molecule has 6 heteroatoms. The van der Waals surface area contributed by atoms with E-state index in [4.69, 9.17) is 16.0 Å². The summed E-state index contributed by atoms with van der Waals surface area (Å²) in [6, 6.07) is 7.83. The average Bonchev–Trinajstić information content (AvgIpc) is 2.98. The molecule has 1 heterocycles. The standard InChI is InChI=1S/C20H25ClN2O2S/c1-13-7-3-6-10-17(13)22-19(24)12-26-11-18-14(2)25-20(23-18)15-8-4-5-9-16(15)21/h4-5,8-9,13,17H,3,6-7,10-12H2,1-2H3,(H,22,24). The molecule has 0 spiro atoms. The molecule has 0 aliphatic heterocycles. The molecule has 1 aromatic carbocycles. The van der Waals surface area contributed by atoms with E-state index in [9.17, 15) is 4.79 Å². The van der Waals surface area contributed by atoms with Crippen LogP contribution in [0.3, 0.4) is 0 Å². The van der Waals surface area contributed by atoms with Crippen LogP contribution in [0, 0.1) is 12.8 Å². The van der Waals surface area contributed by atoms with Gasteiger partial charge in [-0.15, -0.1) is 11.8 Å². The lowest BCUT2D eigenvalue weighted by atomic mass is 9.86. The number of aromatic nitrogens is 1. The monoisotopic (exact) mass is 392 g/mol. The molecular formula is C20H25ClN2O2S. The number of benzene rings is 1. The zero-order valence-electron chi connectivity index (χ0n) is 15.3. The van der Waals surface area contributed by atoms with E-state index in [0.717, 1.165) is 23.4 Å². The van der Waals surface area contributed by atoms with Gasteiger partial charge in [0.05, 0.1) is 22.0 Å². The molecular weight excluding hydrogens is 368 g/mol. The number of thioether (sulfide) groups is 1. The molecule has 1 aliphatic rings. The van der Waals surface area contributed by atoms with Gasteiger partial charge in [-0.2, -0.15) is 0 Å². The van der Waals surface area contributed by atoms with E-state index in [1.807, 2.05) is 31.2 Å². The molecule has 2 atom stereocenters. The number of nitrogens with one attached hydrogen (secondary N) is 1. The van der Waals surface area contributed by atoms with Crippen LogP contribution in [0.2, 0.25) is 5.02 Å². The highest BCUT2D eigenvalue weighted by Crippen LogP contribution is 2.29. The number of rotatable bonds is 6. The van der Waals surface area contributed by atoms with Crippen LogP contribution in [0.25, 0.3) is 11.5 Å². The molecule has 0 saturated heterocycles. The summed E-state index contributed by atoms with van der Waals surface area (Å²) in [4.78, 5) is 16.8. The van der Waals surface area contributed by atoms with Crippen LogP contribution in [0.1, 0.15) is 44.1 Å². The summed E-state index contributed by atoms with van der Waals surface area (Å²) in [7, 11) is 0. The van der Waals surface area contributed by atoms with E-state index in [2.05, 4.69) is 17.2 Å². The van der Waals surface area contributed by atoms with E-state index in [-0.39, 0.29) is 5.91 Å². The second-order valence-electron chi connectivity index (χ2n) is 6.93. The van der Waals surface area contributed by atoms with Crippen molar-refractivity contribution < 1.29 is 9.21 Å². The van der Waals surface area contributed by atoms with Crippen molar-refractivity contribution in [1.82, 2.24) is 10.3 Å². The van der Waals surface area contributed by atoms with E-state index in [1.165, 1.54) is 19.3 Å². The Kier molecular flexibility index (Phi) is 6.65. The molecule has 140 valence electrons. The lowest BCUT2D eigenvalue weighted by molar-refractivity contribution is -0.119. The number of aryl methyl sites for hydroxylation is 1. The summed E-state index contributed by atoms with van der Waals surface area (Å²) in [5.41, 5.74) is 1.65. The van der Waals surface area contributed by atoms with E-state index < -0.39 is 0 Å².